The first kappa shape index (κ1) is 15.9. The molecule has 1 unspecified atom stereocenters. The van der Waals surface area contributed by atoms with Crippen LogP contribution in [0.4, 0.5) is 5.82 Å². The van der Waals surface area contributed by atoms with E-state index >= 15 is 0 Å². The van der Waals surface area contributed by atoms with Crippen LogP contribution in [0.3, 0.4) is 0 Å². The van der Waals surface area contributed by atoms with Crippen LogP contribution in [0.1, 0.15) is 29.9 Å². The van der Waals surface area contributed by atoms with Gasteiger partial charge in [0.2, 0.25) is 5.91 Å². The summed E-state index contributed by atoms with van der Waals surface area (Å²) in [6.07, 6.45) is 0. The second kappa shape index (κ2) is 6.88. The van der Waals surface area contributed by atoms with Gasteiger partial charge in [0.25, 0.3) is 0 Å². The number of hydrogen-bond acceptors (Lipinski definition) is 5. The van der Waals surface area contributed by atoms with Crippen LogP contribution in [0.25, 0.3) is 0 Å². The average molecular weight is 279 g/mol. The van der Waals surface area contributed by atoms with Crippen molar-refractivity contribution >= 4 is 17.7 Å². The lowest BCUT2D eigenvalue weighted by Crippen LogP contribution is -2.41. The maximum atomic E-state index is 11.8. The van der Waals surface area contributed by atoms with Crippen molar-refractivity contribution in [2.75, 3.05) is 19.5 Å². The first-order valence-corrected chi connectivity index (χ1v) is 6.44. The van der Waals surface area contributed by atoms with Crippen LogP contribution in [-0.4, -0.2) is 37.1 Å². The number of likely N-dealkylation sites (N-methyl/N-ethyl adjacent to an activating group) is 1. The van der Waals surface area contributed by atoms with E-state index in [1.165, 1.54) is 7.11 Å². The number of esters is 1. The molecule has 0 saturated carbocycles. The number of ether oxygens (including phenoxy) is 1. The zero-order chi connectivity index (χ0) is 15.3. The molecule has 6 nitrogen and oxygen atoms in total. The number of nitrogens with zero attached hydrogens (tertiary/aromatic N) is 1. The van der Waals surface area contributed by atoms with Gasteiger partial charge in [-0.2, -0.15) is 0 Å². The SMILES string of the molecule is CNC(=O)C(Nc1ccc(C(=O)OC)c(C)n1)C(C)C. The first-order chi connectivity index (χ1) is 9.40. The number of carbonyl (C=O) groups is 2. The first-order valence-electron chi connectivity index (χ1n) is 6.44. The van der Waals surface area contributed by atoms with E-state index in [0.717, 1.165) is 0 Å². The van der Waals surface area contributed by atoms with Crippen LogP contribution in [0.2, 0.25) is 0 Å². The fraction of sp³-hybridized carbons (Fsp3) is 0.500. The van der Waals surface area contributed by atoms with Gasteiger partial charge in [0.1, 0.15) is 11.9 Å². The molecule has 0 fully saturated rings. The molecule has 1 aromatic heterocycles. The number of nitrogens with one attached hydrogen (secondary N) is 2. The van der Waals surface area contributed by atoms with E-state index in [1.54, 1.807) is 26.1 Å². The molecule has 0 aliphatic carbocycles. The summed E-state index contributed by atoms with van der Waals surface area (Å²) in [5.74, 6) is 0.138. The third-order valence-electron chi connectivity index (χ3n) is 2.99. The summed E-state index contributed by atoms with van der Waals surface area (Å²) in [5, 5.41) is 5.70. The van der Waals surface area contributed by atoms with Gasteiger partial charge >= 0.3 is 5.97 Å². The van der Waals surface area contributed by atoms with Crippen molar-refractivity contribution in [3.8, 4) is 0 Å². The van der Waals surface area contributed by atoms with E-state index in [9.17, 15) is 9.59 Å². The Morgan fingerprint density at radius 2 is 1.95 bits per heavy atom. The number of rotatable bonds is 5. The van der Waals surface area contributed by atoms with Crippen LogP contribution >= 0.6 is 0 Å². The molecular formula is C14H21N3O3. The number of amides is 1. The monoisotopic (exact) mass is 279 g/mol. The smallest absolute Gasteiger partial charge is 0.339 e. The van der Waals surface area contributed by atoms with E-state index in [-0.39, 0.29) is 17.9 Å². The highest BCUT2D eigenvalue weighted by atomic mass is 16.5. The van der Waals surface area contributed by atoms with Crippen LogP contribution < -0.4 is 10.6 Å². The minimum Gasteiger partial charge on any atom is -0.465 e. The highest BCUT2D eigenvalue weighted by Crippen LogP contribution is 2.15. The zero-order valence-electron chi connectivity index (χ0n) is 12.5. The molecule has 1 aromatic rings. The van der Waals surface area contributed by atoms with Crippen molar-refractivity contribution in [3.63, 3.8) is 0 Å². The third-order valence-corrected chi connectivity index (χ3v) is 2.99. The van der Waals surface area contributed by atoms with Crippen LogP contribution in [0, 0.1) is 12.8 Å². The molecule has 0 aliphatic rings. The number of pyridine rings is 1. The minimum atomic E-state index is -0.423. The molecule has 0 aromatic carbocycles. The second-order valence-electron chi connectivity index (χ2n) is 4.80. The molecule has 0 bridgehead atoms. The van der Waals surface area contributed by atoms with E-state index in [1.807, 2.05) is 13.8 Å². The maximum Gasteiger partial charge on any atom is 0.339 e. The van der Waals surface area contributed by atoms with Crippen molar-refractivity contribution in [2.24, 2.45) is 5.92 Å². The molecule has 1 amide bonds. The fourth-order valence-corrected chi connectivity index (χ4v) is 1.82. The van der Waals surface area contributed by atoms with Gasteiger partial charge in [-0.05, 0) is 25.0 Å². The summed E-state index contributed by atoms with van der Waals surface area (Å²) in [6, 6.07) is 2.92. The molecule has 0 spiro atoms. The Bertz CT molecular complexity index is 500. The van der Waals surface area contributed by atoms with Gasteiger partial charge in [-0.25, -0.2) is 9.78 Å². The largest absolute Gasteiger partial charge is 0.465 e. The fourth-order valence-electron chi connectivity index (χ4n) is 1.82. The maximum absolute atomic E-state index is 11.8. The number of methoxy groups -OCH3 is 1. The van der Waals surface area contributed by atoms with Gasteiger partial charge in [0.15, 0.2) is 0 Å². The molecule has 2 N–H and O–H groups in total. The Hall–Kier alpha value is -2.11. The van der Waals surface area contributed by atoms with Crippen molar-refractivity contribution in [3.05, 3.63) is 23.4 Å². The van der Waals surface area contributed by atoms with Crippen molar-refractivity contribution in [1.29, 1.82) is 0 Å². The van der Waals surface area contributed by atoms with Gasteiger partial charge < -0.3 is 15.4 Å². The minimum absolute atomic E-state index is 0.100. The molecule has 20 heavy (non-hydrogen) atoms. The van der Waals surface area contributed by atoms with Gasteiger partial charge in [-0.3, -0.25) is 4.79 Å². The summed E-state index contributed by atoms with van der Waals surface area (Å²) in [5.41, 5.74) is 0.973. The molecule has 1 rings (SSSR count). The van der Waals surface area contributed by atoms with Crippen molar-refractivity contribution < 1.29 is 14.3 Å². The van der Waals surface area contributed by atoms with E-state index < -0.39 is 5.97 Å². The predicted octanol–water partition coefficient (Wildman–Crippen LogP) is 1.36. The van der Waals surface area contributed by atoms with Crippen LogP contribution in [-0.2, 0) is 9.53 Å². The zero-order valence-corrected chi connectivity index (χ0v) is 12.5. The lowest BCUT2D eigenvalue weighted by molar-refractivity contribution is -0.122. The molecule has 1 atom stereocenters. The Morgan fingerprint density at radius 3 is 2.40 bits per heavy atom. The number of carbonyl (C=O) groups excluding carboxylic acids is 2. The molecule has 0 saturated heterocycles. The molecule has 1 heterocycles. The number of aromatic nitrogens is 1. The molecular weight excluding hydrogens is 258 g/mol. The second-order valence-corrected chi connectivity index (χ2v) is 4.80. The Kier molecular flexibility index (Phi) is 5.49. The predicted molar refractivity (Wildman–Crippen MR) is 76.6 cm³/mol. The van der Waals surface area contributed by atoms with Gasteiger partial charge in [0, 0.05) is 7.05 Å². The van der Waals surface area contributed by atoms with E-state index in [0.29, 0.717) is 17.1 Å². The highest BCUT2D eigenvalue weighted by Gasteiger charge is 2.21. The average Bonchev–Trinajstić information content (AvgIpc) is 2.43. The van der Waals surface area contributed by atoms with Gasteiger partial charge in [-0.1, -0.05) is 13.8 Å². The third kappa shape index (κ3) is 3.69. The van der Waals surface area contributed by atoms with Crippen molar-refractivity contribution in [1.82, 2.24) is 10.3 Å². The van der Waals surface area contributed by atoms with E-state index in [2.05, 4.69) is 20.4 Å². The Morgan fingerprint density at radius 1 is 1.30 bits per heavy atom. The number of hydrogen-bond donors (Lipinski definition) is 2. The number of anilines is 1. The summed E-state index contributed by atoms with van der Waals surface area (Å²) >= 11 is 0. The normalized spacial score (nSPS) is 11.9. The quantitative estimate of drug-likeness (QED) is 0.795. The van der Waals surface area contributed by atoms with Gasteiger partial charge in [-0.15, -0.1) is 0 Å². The van der Waals surface area contributed by atoms with Crippen LogP contribution in [0.15, 0.2) is 12.1 Å². The standard InChI is InChI=1S/C14H21N3O3/c1-8(2)12(13(18)15-4)17-11-7-6-10(9(3)16-11)14(19)20-5/h6-8,12H,1-5H3,(H,15,18)(H,16,17). The Balaban J connectivity index is 2.95. The molecule has 0 aliphatic heterocycles. The van der Waals surface area contributed by atoms with Crippen molar-refractivity contribution in [2.45, 2.75) is 26.8 Å². The topological polar surface area (TPSA) is 80.3 Å². The summed E-state index contributed by atoms with van der Waals surface area (Å²) in [4.78, 5) is 27.6. The van der Waals surface area contributed by atoms with Gasteiger partial charge in [0.05, 0.1) is 18.4 Å². The molecule has 6 heteroatoms. The summed E-state index contributed by atoms with van der Waals surface area (Å²) in [7, 11) is 2.92. The van der Waals surface area contributed by atoms with Crippen LogP contribution in [0.5, 0.6) is 0 Å². The number of aryl methyl sites for hydroxylation is 1. The lowest BCUT2D eigenvalue weighted by atomic mass is 10.0. The molecule has 0 radical (unpaired) electrons. The summed E-state index contributed by atoms with van der Waals surface area (Å²) in [6.45, 7) is 5.62. The lowest BCUT2D eigenvalue weighted by Gasteiger charge is -2.21. The Labute approximate surface area is 118 Å². The highest BCUT2D eigenvalue weighted by molar-refractivity contribution is 5.90. The van der Waals surface area contributed by atoms with E-state index in [4.69, 9.17) is 0 Å². The summed E-state index contributed by atoms with van der Waals surface area (Å²) < 4.78 is 4.67. The molecule has 110 valence electrons.